The van der Waals surface area contributed by atoms with Gasteiger partial charge >= 0.3 is 0 Å². The predicted octanol–water partition coefficient (Wildman–Crippen LogP) is 4.36. The van der Waals surface area contributed by atoms with E-state index in [1.807, 2.05) is 20.8 Å². The number of nitrogens with zero attached hydrogens (tertiary/aromatic N) is 5. The minimum atomic E-state index is -1.01. The zero-order valence-electron chi connectivity index (χ0n) is 25.9. The van der Waals surface area contributed by atoms with Crippen LogP contribution in [0.4, 0.5) is 15.9 Å². The number of pyridine rings is 1. The minimum Gasteiger partial charge on any atom is -0.489 e. The van der Waals surface area contributed by atoms with Gasteiger partial charge in [-0.2, -0.15) is 14.9 Å². The second kappa shape index (κ2) is 11.9. The van der Waals surface area contributed by atoms with Crippen LogP contribution in [0.25, 0.3) is 27.7 Å². The molecule has 11 nitrogen and oxygen atoms in total. The highest BCUT2D eigenvalue weighted by molar-refractivity contribution is 5.83. The summed E-state index contributed by atoms with van der Waals surface area (Å²) in [5.41, 5.74) is -0.226. The van der Waals surface area contributed by atoms with Crippen molar-refractivity contribution in [3.63, 3.8) is 0 Å². The number of ether oxygens (including phenoxy) is 1. The summed E-state index contributed by atoms with van der Waals surface area (Å²) in [6, 6.07) is 12.9. The van der Waals surface area contributed by atoms with Gasteiger partial charge in [0.15, 0.2) is 0 Å². The molecule has 3 N–H and O–H groups in total. The quantitative estimate of drug-likeness (QED) is 0.232. The van der Waals surface area contributed by atoms with Gasteiger partial charge in [-0.1, -0.05) is 32.9 Å². The molecule has 5 aromatic rings. The van der Waals surface area contributed by atoms with Gasteiger partial charge in [-0.05, 0) is 61.2 Å². The molecule has 0 bridgehead atoms. The lowest BCUT2D eigenvalue weighted by Gasteiger charge is -2.20. The summed E-state index contributed by atoms with van der Waals surface area (Å²) >= 11 is 0. The number of aliphatic hydroxyl groups excluding tert-OH is 1. The Morgan fingerprint density at radius 2 is 1.76 bits per heavy atom. The molecule has 0 saturated carbocycles. The Morgan fingerprint density at radius 3 is 2.40 bits per heavy atom. The van der Waals surface area contributed by atoms with Crippen molar-refractivity contribution in [3.05, 3.63) is 98.6 Å². The molecule has 234 valence electrons. The van der Waals surface area contributed by atoms with Crippen LogP contribution in [0.15, 0.2) is 70.5 Å². The summed E-state index contributed by atoms with van der Waals surface area (Å²) in [5, 5.41) is 32.3. The number of rotatable bonds is 8. The second-order valence-electron chi connectivity index (χ2n) is 12.5. The number of aliphatic hydroxyl groups is 2. The van der Waals surface area contributed by atoms with Crippen LogP contribution in [-0.4, -0.2) is 47.0 Å². The van der Waals surface area contributed by atoms with Crippen molar-refractivity contribution in [1.82, 2.24) is 24.5 Å². The third-order valence-corrected chi connectivity index (χ3v) is 7.17. The number of aromatic nitrogens is 5. The first kappa shape index (κ1) is 31.5. The highest BCUT2D eigenvalue weighted by Crippen LogP contribution is 2.30. The molecule has 0 aliphatic rings. The molecule has 5 rings (SSSR count). The van der Waals surface area contributed by atoms with Gasteiger partial charge in [0.25, 0.3) is 11.1 Å². The zero-order chi connectivity index (χ0) is 32.7. The molecular formula is C33H35FN6O5. The van der Waals surface area contributed by atoms with Gasteiger partial charge in [-0.25, -0.2) is 14.1 Å². The van der Waals surface area contributed by atoms with Gasteiger partial charge in [0.1, 0.15) is 29.7 Å². The fourth-order valence-electron chi connectivity index (χ4n) is 4.78. The largest absolute Gasteiger partial charge is 0.489 e. The molecule has 3 aromatic heterocycles. The molecule has 0 radical (unpaired) electrons. The highest BCUT2D eigenvalue weighted by Gasteiger charge is 2.21. The van der Waals surface area contributed by atoms with Gasteiger partial charge in [-0.3, -0.25) is 9.59 Å². The molecule has 0 fully saturated rings. The van der Waals surface area contributed by atoms with Crippen LogP contribution in [-0.2, 0) is 19.1 Å². The van der Waals surface area contributed by atoms with E-state index in [1.54, 1.807) is 50.2 Å². The normalized spacial score (nSPS) is 12.0. The molecule has 3 heterocycles. The molecule has 2 aromatic carbocycles. The SMILES string of the molecule is Cn1nc(-c2cccc(-n3ncc4cc(C(C)(C)C)cc(F)c4c3=O)c2CO)cc(Nc2ccc(OCC(C)(C)O)cn2)c1=O. The zero-order valence-corrected chi connectivity index (χ0v) is 25.9. The van der Waals surface area contributed by atoms with E-state index >= 15 is 4.39 Å². The molecular weight excluding hydrogens is 579 g/mol. The van der Waals surface area contributed by atoms with Crippen LogP contribution in [0.2, 0.25) is 0 Å². The van der Waals surface area contributed by atoms with E-state index in [0.29, 0.717) is 33.8 Å². The van der Waals surface area contributed by atoms with Crippen LogP contribution in [0.5, 0.6) is 5.75 Å². The third kappa shape index (κ3) is 6.61. The van der Waals surface area contributed by atoms with Crippen LogP contribution in [0.1, 0.15) is 45.7 Å². The molecule has 0 aliphatic carbocycles. The summed E-state index contributed by atoms with van der Waals surface area (Å²) in [5.74, 6) is 0.156. The second-order valence-corrected chi connectivity index (χ2v) is 12.5. The Morgan fingerprint density at radius 1 is 1.00 bits per heavy atom. The van der Waals surface area contributed by atoms with E-state index in [0.717, 1.165) is 14.9 Å². The number of hydrogen-bond acceptors (Lipinski definition) is 9. The Kier molecular flexibility index (Phi) is 8.30. The number of halogens is 1. The van der Waals surface area contributed by atoms with E-state index in [-0.39, 0.29) is 28.8 Å². The molecule has 0 spiro atoms. The van der Waals surface area contributed by atoms with E-state index in [9.17, 15) is 19.8 Å². The first-order valence-corrected chi connectivity index (χ1v) is 14.3. The van der Waals surface area contributed by atoms with Crippen molar-refractivity contribution in [2.24, 2.45) is 7.05 Å². The van der Waals surface area contributed by atoms with E-state index in [1.165, 1.54) is 31.6 Å². The maximum Gasteiger partial charge on any atom is 0.290 e. The maximum absolute atomic E-state index is 15.3. The lowest BCUT2D eigenvalue weighted by atomic mass is 9.86. The Labute approximate surface area is 258 Å². The predicted molar refractivity (Wildman–Crippen MR) is 170 cm³/mol. The lowest BCUT2D eigenvalue weighted by molar-refractivity contribution is 0.0284. The van der Waals surface area contributed by atoms with Gasteiger partial charge in [0.2, 0.25) is 0 Å². The molecule has 0 atom stereocenters. The van der Waals surface area contributed by atoms with E-state index < -0.39 is 29.1 Å². The van der Waals surface area contributed by atoms with E-state index in [4.69, 9.17) is 4.74 Å². The Bertz CT molecular complexity index is 2010. The lowest BCUT2D eigenvalue weighted by Crippen LogP contribution is -2.27. The Hall–Kier alpha value is -4.94. The van der Waals surface area contributed by atoms with Crippen molar-refractivity contribution in [1.29, 1.82) is 0 Å². The topological polar surface area (TPSA) is 144 Å². The van der Waals surface area contributed by atoms with Gasteiger partial charge < -0.3 is 20.3 Å². The highest BCUT2D eigenvalue weighted by atomic mass is 19.1. The molecule has 0 saturated heterocycles. The maximum atomic E-state index is 15.3. The molecule has 0 aliphatic heterocycles. The van der Waals surface area contributed by atoms with Crippen LogP contribution in [0.3, 0.4) is 0 Å². The molecule has 12 heteroatoms. The van der Waals surface area contributed by atoms with Gasteiger partial charge in [0, 0.05) is 23.6 Å². The molecule has 0 unspecified atom stereocenters. The first-order valence-electron chi connectivity index (χ1n) is 14.3. The number of nitrogens with one attached hydrogen (secondary N) is 1. The Balaban J connectivity index is 1.54. The summed E-state index contributed by atoms with van der Waals surface area (Å²) in [6.07, 6.45) is 2.90. The molecule has 45 heavy (non-hydrogen) atoms. The fourth-order valence-corrected chi connectivity index (χ4v) is 4.78. The van der Waals surface area contributed by atoms with E-state index in [2.05, 4.69) is 20.5 Å². The van der Waals surface area contributed by atoms with Crippen LogP contribution < -0.4 is 21.2 Å². The number of aryl methyl sites for hydroxylation is 1. The number of fused-ring (bicyclic) bond motifs is 1. The van der Waals surface area contributed by atoms with Gasteiger partial charge in [0.05, 0.1) is 41.4 Å². The average Bonchev–Trinajstić information content (AvgIpc) is 2.97. The standard InChI is InChI=1S/C33H35FN6O5/c1-32(2,3)20-12-19-15-36-40(31(43)29(19)24(34)13-20)27-9-7-8-22(23(27)17-41)25-14-26(30(42)39(6)38-25)37-28-11-10-21(16-35-28)45-18-33(4,5)44/h7-16,41,44H,17-18H2,1-6H3,(H,35,37). The average molecular weight is 615 g/mol. The monoisotopic (exact) mass is 614 g/mol. The summed E-state index contributed by atoms with van der Waals surface area (Å²) in [7, 11) is 1.49. The minimum absolute atomic E-state index is 0.0793. The van der Waals surface area contributed by atoms with Crippen molar-refractivity contribution >= 4 is 22.3 Å². The van der Waals surface area contributed by atoms with Crippen LogP contribution >= 0.6 is 0 Å². The number of anilines is 2. The number of hydrogen-bond donors (Lipinski definition) is 3. The summed E-state index contributed by atoms with van der Waals surface area (Å²) in [4.78, 5) is 30.9. The van der Waals surface area contributed by atoms with Crippen molar-refractivity contribution in [2.75, 3.05) is 11.9 Å². The van der Waals surface area contributed by atoms with Crippen molar-refractivity contribution in [3.8, 4) is 22.7 Å². The first-order chi connectivity index (χ1) is 21.2. The summed E-state index contributed by atoms with van der Waals surface area (Å²) < 4.78 is 23.1. The summed E-state index contributed by atoms with van der Waals surface area (Å²) in [6.45, 7) is 8.71. The fraction of sp³-hybridized carbons (Fsp3) is 0.303. The van der Waals surface area contributed by atoms with Crippen LogP contribution in [0, 0.1) is 5.82 Å². The molecule has 0 amide bonds. The van der Waals surface area contributed by atoms with Gasteiger partial charge in [-0.15, -0.1) is 0 Å². The smallest absolute Gasteiger partial charge is 0.290 e. The van der Waals surface area contributed by atoms with Crippen molar-refractivity contribution in [2.45, 2.75) is 52.2 Å². The number of benzene rings is 2. The third-order valence-electron chi connectivity index (χ3n) is 7.17. The van der Waals surface area contributed by atoms with Crippen molar-refractivity contribution < 1.29 is 19.3 Å².